The maximum atomic E-state index is 11.3. The first-order valence-corrected chi connectivity index (χ1v) is 7.20. The summed E-state index contributed by atoms with van der Waals surface area (Å²) in [6, 6.07) is 7.79. The van der Waals surface area contributed by atoms with E-state index in [0.717, 1.165) is 15.7 Å². The number of hydrogen-bond donors (Lipinski definition) is 1. The van der Waals surface area contributed by atoms with Crippen LogP contribution < -0.4 is 5.43 Å². The predicted octanol–water partition coefficient (Wildman–Crippen LogP) is 3.86. The average Bonchev–Trinajstić information content (AvgIpc) is 2.73. The van der Waals surface area contributed by atoms with Crippen LogP contribution in [0, 0.1) is 6.92 Å². The van der Waals surface area contributed by atoms with Crippen LogP contribution in [-0.2, 0) is 0 Å². The summed E-state index contributed by atoms with van der Waals surface area (Å²) in [5.41, 5.74) is 4.55. The molecule has 4 nitrogen and oxygen atoms in total. The summed E-state index contributed by atoms with van der Waals surface area (Å²) in [4.78, 5) is 16.2. The molecular formula is C13H12BrN3OS. The molecule has 0 unspecified atom stereocenters. The maximum absolute atomic E-state index is 11.3. The molecule has 0 spiro atoms. The minimum atomic E-state index is 0.0277. The Bertz CT molecular complexity index is 619. The standard InChI is InChI=1S/C13H12BrN3OS/c1-8-12(9(2)18)19-13(16-8)17-15-7-10-3-5-11(14)6-4-10/h3-7H,1-2H3,(H,16,17)/b15-7+. The van der Waals surface area contributed by atoms with E-state index in [-0.39, 0.29) is 5.78 Å². The molecule has 1 aromatic carbocycles. The number of benzene rings is 1. The van der Waals surface area contributed by atoms with Gasteiger partial charge in [-0.15, -0.1) is 0 Å². The number of carbonyl (C=O) groups is 1. The molecule has 0 aliphatic heterocycles. The number of nitrogens with zero attached hydrogens (tertiary/aromatic N) is 2. The smallest absolute Gasteiger partial charge is 0.204 e. The fourth-order valence-electron chi connectivity index (χ4n) is 1.48. The molecule has 98 valence electrons. The van der Waals surface area contributed by atoms with Crippen molar-refractivity contribution in [1.29, 1.82) is 0 Å². The Morgan fingerprint density at radius 2 is 2.11 bits per heavy atom. The summed E-state index contributed by atoms with van der Waals surface area (Å²) in [5, 5.41) is 4.72. The number of hydrazone groups is 1. The lowest BCUT2D eigenvalue weighted by Crippen LogP contribution is -1.90. The number of hydrogen-bond acceptors (Lipinski definition) is 5. The molecule has 0 radical (unpaired) electrons. The molecule has 0 amide bonds. The van der Waals surface area contributed by atoms with Crippen molar-refractivity contribution in [2.75, 3.05) is 5.43 Å². The lowest BCUT2D eigenvalue weighted by atomic mass is 10.2. The van der Waals surface area contributed by atoms with E-state index in [1.807, 2.05) is 31.2 Å². The molecule has 0 saturated heterocycles. The minimum Gasteiger partial charge on any atom is -0.294 e. The van der Waals surface area contributed by atoms with Gasteiger partial charge in [0, 0.05) is 11.4 Å². The molecule has 19 heavy (non-hydrogen) atoms. The molecular weight excluding hydrogens is 326 g/mol. The highest BCUT2D eigenvalue weighted by molar-refractivity contribution is 9.10. The van der Waals surface area contributed by atoms with Crippen molar-refractivity contribution in [3.05, 3.63) is 44.9 Å². The molecule has 2 aromatic rings. The van der Waals surface area contributed by atoms with E-state index in [1.165, 1.54) is 18.3 Å². The van der Waals surface area contributed by atoms with Gasteiger partial charge in [0.25, 0.3) is 0 Å². The normalized spacial score (nSPS) is 10.9. The Hall–Kier alpha value is -1.53. The van der Waals surface area contributed by atoms with Gasteiger partial charge in [-0.3, -0.25) is 10.2 Å². The molecule has 0 saturated carbocycles. The van der Waals surface area contributed by atoms with Crippen molar-refractivity contribution in [3.8, 4) is 0 Å². The summed E-state index contributed by atoms with van der Waals surface area (Å²) in [5.74, 6) is 0.0277. The number of ketones is 1. The van der Waals surface area contributed by atoms with Crippen molar-refractivity contribution < 1.29 is 4.79 Å². The number of anilines is 1. The monoisotopic (exact) mass is 337 g/mol. The van der Waals surface area contributed by atoms with Gasteiger partial charge in [-0.25, -0.2) is 4.98 Å². The molecule has 1 aromatic heterocycles. The van der Waals surface area contributed by atoms with Crippen LogP contribution in [0.4, 0.5) is 5.13 Å². The molecule has 0 aliphatic rings. The van der Waals surface area contributed by atoms with E-state index in [2.05, 4.69) is 31.4 Å². The zero-order chi connectivity index (χ0) is 13.8. The number of thiazole rings is 1. The highest BCUT2D eigenvalue weighted by atomic mass is 79.9. The molecule has 2 rings (SSSR count). The first-order chi connectivity index (χ1) is 9.06. The first-order valence-electron chi connectivity index (χ1n) is 5.59. The van der Waals surface area contributed by atoms with Crippen molar-refractivity contribution in [2.24, 2.45) is 5.10 Å². The number of carbonyl (C=O) groups excluding carboxylic acids is 1. The molecule has 1 N–H and O–H groups in total. The van der Waals surface area contributed by atoms with Gasteiger partial charge in [0.05, 0.1) is 16.8 Å². The van der Waals surface area contributed by atoms with Crippen LogP contribution in [0.5, 0.6) is 0 Å². The Morgan fingerprint density at radius 1 is 1.42 bits per heavy atom. The molecule has 0 fully saturated rings. The van der Waals surface area contributed by atoms with Gasteiger partial charge in [-0.2, -0.15) is 5.10 Å². The number of rotatable bonds is 4. The number of aryl methyl sites for hydroxylation is 1. The summed E-state index contributed by atoms with van der Waals surface area (Å²) in [7, 11) is 0. The van der Waals surface area contributed by atoms with Gasteiger partial charge in [0.2, 0.25) is 5.13 Å². The third kappa shape index (κ3) is 3.71. The van der Waals surface area contributed by atoms with E-state index in [0.29, 0.717) is 10.0 Å². The van der Waals surface area contributed by atoms with E-state index in [9.17, 15) is 4.79 Å². The van der Waals surface area contributed by atoms with Crippen LogP contribution in [-0.4, -0.2) is 17.0 Å². The number of Topliss-reactive ketones (excluding diaryl/α,β-unsaturated/α-hetero) is 1. The zero-order valence-electron chi connectivity index (χ0n) is 10.5. The van der Waals surface area contributed by atoms with Crippen LogP contribution in [0.25, 0.3) is 0 Å². The highest BCUT2D eigenvalue weighted by Crippen LogP contribution is 2.22. The van der Waals surface area contributed by atoms with Gasteiger partial charge in [0.15, 0.2) is 5.78 Å². The summed E-state index contributed by atoms with van der Waals surface area (Å²) in [6.45, 7) is 3.35. The van der Waals surface area contributed by atoms with E-state index >= 15 is 0 Å². The fraction of sp³-hybridized carbons (Fsp3) is 0.154. The molecule has 6 heteroatoms. The van der Waals surface area contributed by atoms with Crippen LogP contribution in [0.15, 0.2) is 33.8 Å². The molecule has 0 aliphatic carbocycles. The number of nitrogens with one attached hydrogen (secondary N) is 1. The van der Waals surface area contributed by atoms with Crippen molar-refractivity contribution in [2.45, 2.75) is 13.8 Å². The lowest BCUT2D eigenvalue weighted by molar-refractivity contribution is 0.102. The number of aromatic nitrogens is 1. The zero-order valence-corrected chi connectivity index (χ0v) is 12.9. The largest absolute Gasteiger partial charge is 0.294 e. The number of halogens is 1. The van der Waals surface area contributed by atoms with Crippen molar-refractivity contribution in [1.82, 2.24) is 4.98 Å². The summed E-state index contributed by atoms with van der Waals surface area (Å²) in [6.07, 6.45) is 1.70. The minimum absolute atomic E-state index is 0.0277. The Morgan fingerprint density at radius 3 is 2.68 bits per heavy atom. The SMILES string of the molecule is CC(=O)c1sc(N/N=C/c2ccc(Br)cc2)nc1C. The van der Waals surface area contributed by atoms with E-state index in [1.54, 1.807) is 6.21 Å². The van der Waals surface area contributed by atoms with Crippen LogP contribution in [0.3, 0.4) is 0 Å². The second kappa shape index (κ2) is 6.08. The van der Waals surface area contributed by atoms with Crippen molar-refractivity contribution in [3.63, 3.8) is 0 Å². The van der Waals surface area contributed by atoms with Gasteiger partial charge in [-0.1, -0.05) is 39.4 Å². The van der Waals surface area contributed by atoms with Gasteiger partial charge in [-0.05, 0) is 24.6 Å². The van der Waals surface area contributed by atoms with Gasteiger partial charge in [0.1, 0.15) is 0 Å². The summed E-state index contributed by atoms with van der Waals surface area (Å²) < 4.78 is 1.03. The lowest BCUT2D eigenvalue weighted by Gasteiger charge is -1.94. The van der Waals surface area contributed by atoms with Gasteiger partial charge >= 0.3 is 0 Å². The third-order valence-electron chi connectivity index (χ3n) is 2.36. The van der Waals surface area contributed by atoms with Crippen LogP contribution >= 0.6 is 27.3 Å². The maximum Gasteiger partial charge on any atom is 0.204 e. The average molecular weight is 338 g/mol. The Balaban J connectivity index is 2.04. The van der Waals surface area contributed by atoms with E-state index in [4.69, 9.17) is 0 Å². The second-order valence-electron chi connectivity index (χ2n) is 3.91. The Kier molecular flexibility index (Phi) is 4.44. The highest BCUT2D eigenvalue weighted by Gasteiger charge is 2.10. The molecule has 0 atom stereocenters. The van der Waals surface area contributed by atoms with Crippen molar-refractivity contribution >= 4 is 44.4 Å². The quantitative estimate of drug-likeness (QED) is 0.523. The van der Waals surface area contributed by atoms with E-state index < -0.39 is 0 Å². The molecule has 1 heterocycles. The first kappa shape index (κ1) is 13.9. The summed E-state index contributed by atoms with van der Waals surface area (Å²) >= 11 is 4.69. The third-order valence-corrected chi connectivity index (χ3v) is 4.05. The second-order valence-corrected chi connectivity index (χ2v) is 5.83. The fourth-order valence-corrected chi connectivity index (χ4v) is 2.56. The van der Waals surface area contributed by atoms with Crippen LogP contribution in [0.1, 0.15) is 27.9 Å². The molecule has 0 bridgehead atoms. The van der Waals surface area contributed by atoms with Crippen LogP contribution in [0.2, 0.25) is 0 Å². The topological polar surface area (TPSA) is 54.4 Å². The predicted molar refractivity (Wildman–Crippen MR) is 82.2 cm³/mol. The Labute approximate surface area is 123 Å². The van der Waals surface area contributed by atoms with Gasteiger partial charge < -0.3 is 0 Å².